The first-order valence-corrected chi connectivity index (χ1v) is 8.58. The fraction of sp³-hybridized carbons (Fsp3) is 1.00. The van der Waals surface area contributed by atoms with Crippen molar-refractivity contribution in [3.8, 4) is 0 Å². The van der Waals surface area contributed by atoms with Gasteiger partial charge in [0.2, 0.25) is 0 Å². The molecule has 2 fully saturated rings. The first-order valence-electron chi connectivity index (χ1n) is 8.58. The van der Waals surface area contributed by atoms with Crippen LogP contribution in [0, 0.1) is 5.92 Å². The molecule has 0 radical (unpaired) electrons. The minimum atomic E-state index is -0.0806. The van der Waals surface area contributed by atoms with E-state index in [0.717, 1.165) is 25.9 Å². The second kappa shape index (κ2) is 7.64. The van der Waals surface area contributed by atoms with Crippen LogP contribution < -0.4 is 0 Å². The van der Waals surface area contributed by atoms with Crippen LogP contribution in [0.15, 0.2) is 0 Å². The molecule has 1 spiro atoms. The lowest BCUT2D eigenvalue weighted by atomic mass is 9.80. The molecule has 0 bridgehead atoms. The van der Waals surface area contributed by atoms with Gasteiger partial charge in [0.15, 0.2) is 0 Å². The summed E-state index contributed by atoms with van der Waals surface area (Å²) in [6.45, 7) is 3.12. The Bertz CT molecular complexity index is 246. The number of hydrogen-bond acceptors (Lipinski definition) is 2. The van der Waals surface area contributed by atoms with E-state index in [4.69, 9.17) is 4.74 Å². The summed E-state index contributed by atoms with van der Waals surface area (Å²) in [6, 6.07) is 0. The third kappa shape index (κ3) is 4.46. The molecule has 0 amide bonds. The maximum absolute atomic E-state index is 10.4. The van der Waals surface area contributed by atoms with Crippen molar-refractivity contribution in [2.24, 2.45) is 5.92 Å². The van der Waals surface area contributed by atoms with E-state index in [1.807, 2.05) is 0 Å². The van der Waals surface area contributed by atoms with Crippen LogP contribution in [0.1, 0.15) is 84.0 Å². The summed E-state index contributed by atoms with van der Waals surface area (Å²) in [6.07, 6.45) is 14.7. The molecule has 1 aliphatic heterocycles. The minimum absolute atomic E-state index is 0.0806. The number of aliphatic hydroxyl groups is 1. The molecule has 112 valence electrons. The zero-order chi connectivity index (χ0) is 13.6. The number of aliphatic hydroxyl groups excluding tert-OH is 1. The number of rotatable bonds is 7. The minimum Gasteiger partial charge on any atom is -0.393 e. The molecule has 1 N–H and O–H groups in total. The Balaban J connectivity index is 1.68. The molecule has 2 heteroatoms. The Morgan fingerprint density at radius 2 is 1.89 bits per heavy atom. The summed E-state index contributed by atoms with van der Waals surface area (Å²) < 4.78 is 6.05. The Morgan fingerprint density at radius 1 is 1.16 bits per heavy atom. The van der Waals surface area contributed by atoms with E-state index in [0.29, 0.717) is 5.92 Å². The summed E-state index contributed by atoms with van der Waals surface area (Å²) in [7, 11) is 0. The van der Waals surface area contributed by atoms with Gasteiger partial charge in [-0.3, -0.25) is 0 Å². The van der Waals surface area contributed by atoms with Crippen molar-refractivity contribution >= 4 is 0 Å². The normalized spacial score (nSPS) is 27.8. The monoisotopic (exact) mass is 268 g/mol. The van der Waals surface area contributed by atoms with Crippen LogP contribution in [0.3, 0.4) is 0 Å². The fourth-order valence-electron chi connectivity index (χ4n) is 3.95. The first-order chi connectivity index (χ1) is 9.26. The van der Waals surface area contributed by atoms with Gasteiger partial charge in [-0.15, -0.1) is 0 Å². The molecule has 0 aromatic carbocycles. The van der Waals surface area contributed by atoms with E-state index >= 15 is 0 Å². The molecular weight excluding hydrogens is 236 g/mol. The van der Waals surface area contributed by atoms with Crippen LogP contribution in [0.5, 0.6) is 0 Å². The number of hydrogen-bond donors (Lipinski definition) is 1. The average Bonchev–Trinajstić information content (AvgIpc) is 2.86. The molecule has 1 saturated carbocycles. The maximum atomic E-state index is 10.4. The van der Waals surface area contributed by atoms with E-state index in [1.165, 1.54) is 57.8 Å². The first kappa shape index (κ1) is 15.3. The van der Waals surface area contributed by atoms with Gasteiger partial charge in [-0.25, -0.2) is 0 Å². The molecule has 2 atom stereocenters. The molecule has 0 aromatic heterocycles. The number of unbranched alkanes of at least 4 members (excludes halogenated alkanes) is 4. The van der Waals surface area contributed by atoms with Gasteiger partial charge in [0.1, 0.15) is 0 Å². The average molecular weight is 268 g/mol. The van der Waals surface area contributed by atoms with Gasteiger partial charge < -0.3 is 9.84 Å². The SMILES string of the molecule is CCCCCCCC(O)C1CCOC2(CCCC2)C1. The standard InChI is InChI=1S/C17H32O2/c1-2-3-4-5-6-9-16(18)15-10-13-19-17(14-15)11-7-8-12-17/h15-16,18H,2-14H2,1H3. The van der Waals surface area contributed by atoms with E-state index in [1.54, 1.807) is 0 Å². The van der Waals surface area contributed by atoms with Gasteiger partial charge in [0.05, 0.1) is 11.7 Å². The highest BCUT2D eigenvalue weighted by atomic mass is 16.5. The van der Waals surface area contributed by atoms with Crippen molar-refractivity contribution < 1.29 is 9.84 Å². The van der Waals surface area contributed by atoms with E-state index < -0.39 is 0 Å². The zero-order valence-corrected chi connectivity index (χ0v) is 12.7. The van der Waals surface area contributed by atoms with Gasteiger partial charge in [-0.2, -0.15) is 0 Å². The van der Waals surface area contributed by atoms with Crippen LogP contribution in [0.2, 0.25) is 0 Å². The smallest absolute Gasteiger partial charge is 0.0686 e. The van der Waals surface area contributed by atoms with Crippen LogP contribution in [0.4, 0.5) is 0 Å². The summed E-state index contributed by atoms with van der Waals surface area (Å²) >= 11 is 0. The molecular formula is C17H32O2. The quantitative estimate of drug-likeness (QED) is 0.691. The van der Waals surface area contributed by atoms with Crippen molar-refractivity contribution in [3.63, 3.8) is 0 Å². The molecule has 1 aliphatic carbocycles. The highest BCUT2D eigenvalue weighted by Crippen LogP contribution is 2.43. The molecule has 0 aromatic rings. The van der Waals surface area contributed by atoms with Crippen molar-refractivity contribution in [1.82, 2.24) is 0 Å². The van der Waals surface area contributed by atoms with E-state index in [2.05, 4.69) is 6.92 Å². The largest absolute Gasteiger partial charge is 0.393 e. The van der Waals surface area contributed by atoms with Crippen molar-refractivity contribution in [2.45, 2.75) is 95.7 Å². The third-order valence-corrected chi connectivity index (χ3v) is 5.19. The lowest BCUT2D eigenvalue weighted by molar-refractivity contribution is -0.113. The van der Waals surface area contributed by atoms with E-state index in [-0.39, 0.29) is 11.7 Å². The Morgan fingerprint density at radius 3 is 2.63 bits per heavy atom. The van der Waals surface area contributed by atoms with Gasteiger partial charge in [-0.1, -0.05) is 51.9 Å². The second-order valence-corrected chi connectivity index (χ2v) is 6.76. The highest BCUT2D eigenvalue weighted by Gasteiger charge is 2.41. The second-order valence-electron chi connectivity index (χ2n) is 6.76. The lowest BCUT2D eigenvalue weighted by Gasteiger charge is -2.40. The topological polar surface area (TPSA) is 29.5 Å². The van der Waals surface area contributed by atoms with Crippen molar-refractivity contribution in [2.75, 3.05) is 6.61 Å². The van der Waals surface area contributed by atoms with Crippen molar-refractivity contribution in [1.29, 1.82) is 0 Å². The van der Waals surface area contributed by atoms with Crippen LogP contribution in [-0.4, -0.2) is 23.4 Å². The summed E-state index contributed by atoms with van der Waals surface area (Å²) in [4.78, 5) is 0. The maximum Gasteiger partial charge on any atom is 0.0686 e. The predicted molar refractivity (Wildman–Crippen MR) is 79.3 cm³/mol. The Hall–Kier alpha value is -0.0800. The summed E-state index contributed by atoms with van der Waals surface area (Å²) in [5.74, 6) is 0.498. The van der Waals surface area contributed by atoms with Gasteiger partial charge in [0.25, 0.3) is 0 Å². The molecule has 19 heavy (non-hydrogen) atoms. The molecule has 2 unspecified atom stereocenters. The molecule has 2 rings (SSSR count). The van der Waals surface area contributed by atoms with Gasteiger partial charge >= 0.3 is 0 Å². The Labute approximate surface area is 118 Å². The zero-order valence-electron chi connectivity index (χ0n) is 12.7. The van der Waals surface area contributed by atoms with Crippen LogP contribution in [0.25, 0.3) is 0 Å². The summed E-state index contributed by atoms with van der Waals surface area (Å²) in [5, 5.41) is 10.4. The number of ether oxygens (including phenoxy) is 1. The van der Waals surface area contributed by atoms with Crippen LogP contribution in [-0.2, 0) is 4.74 Å². The molecule has 1 saturated heterocycles. The third-order valence-electron chi connectivity index (χ3n) is 5.19. The van der Waals surface area contributed by atoms with Gasteiger partial charge in [0, 0.05) is 6.61 Å². The van der Waals surface area contributed by atoms with Gasteiger partial charge in [-0.05, 0) is 38.0 Å². The van der Waals surface area contributed by atoms with Crippen LogP contribution >= 0.6 is 0 Å². The lowest BCUT2D eigenvalue weighted by Crippen LogP contribution is -2.41. The van der Waals surface area contributed by atoms with Crippen molar-refractivity contribution in [3.05, 3.63) is 0 Å². The van der Waals surface area contributed by atoms with E-state index in [9.17, 15) is 5.11 Å². The molecule has 2 aliphatic rings. The predicted octanol–water partition coefficient (Wildman–Crippen LogP) is 4.45. The summed E-state index contributed by atoms with van der Waals surface area (Å²) in [5.41, 5.74) is 0.159. The Kier molecular flexibility index (Phi) is 6.15. The highest BCUT2D eigenvalue weighted by molar-refractivity contribution is 4.92. The fourth-order valence-corrected chi connectivity index (χ4v) is 3.95. The molecule has 2 nitrogen and oxygen atoms in total. The molecule has 1 heterocycles.